The SMILES string of the molecule is COc1cc(CCN)cc(OC)c1OCc1ccncc1. The number of nitrogens with zero attached hydrogens (tertiary/aromatic N) is 1. The molecule has 1 aromatic heterocycles. The minimum Gasteiger partial charge on any atom is -0.493 e. The maximum absolute atomic E-state index is 5.86. The van der Waals surface area contributed by atoms with Crippen LogP contribution >= 0.6 is 0 Å². The van der Waals surface area contributed by atoms with Crippen molar-refractivity contribution in [2.75, 3.05) is 20.8 Å². The van der Waals surface area contributed by atoms with E-state index in [2.05, 4.69) is 4.98 Å². The normalized spacial score (nSPS) is 10.2. The molecule has 112 valence electrons. The minimum atomic E-state index is 0.422. The fourth-order valence-electron chi connectivity index (χ4n) is 2.02. The van der Waals surface area contributed by atoms with Crippen molar-refractivity contribution in [2.45, 2.75) is 13.0 Å². The first kappa shape index (κ1) is 15.1. The number of pyridine rings is 1. The summed E-state index contributed by atoms with van der Waals surface area (Å²) in [5, 5.41) is 0. The highest BCUT2D eigenvalue weighted by Crippen LogP contribution is 2.39. The molecule has 0 unspecified atom stereocenters. The third-order valence-electron chi connectivity index (χ3n) is 3.09. The summed E-state index contributed by atoms with van der Waals surface area (Å²) in [6, 6.07) is 7.66. The molecule has 0 saturated carbocycles. The summed E-state index contributed by atoms with van der Waals surface area (Å²) >= 11 is 0. The quantitative estimate of drug-likeness (QED) is 0.846. The lowest BCUT2D eigenvalue weighted by atomic mass is 10.1. The zero-order valence-electron chi connectivity index (χ0n) is 12.3. The predicted molar refractivity (Wildman–Crippen MR) is 80.9 cm³/mol. The standard InChI is InChI=1S/C16H20N2O3/c1-19-14-9-13(3-6-17)10-15(20-2)16(14)21-11-12-4-7-18-8-5-12/h4-5,7-10H,3,6,11,17H2,1-2H3. The van der Waals surface area contributed by atoms with Crippen molar-refractivity contribution < 1.29 is 14.2 Å². The second-order valence-corrected chi connectivity index (χ2v) is 4.51. The van der Waals surface area contributed by atoms with E-state index in [1.807, 2.05) is 24.3 Å². The maximum Gasteiger partial charge on any atom is 0.203 e. The van der Waals surface area contributed by atoms with E-state index in [4.69, 9.17) is 19.9 Å². The molecule has 0 atom stereocenters. The molecule has 5 nitrogen and oxygen atoms in total. The maximum atomic E-state index is 5.86. The van der Waals surface area contributed by atoms with Gasteiger partial charge in [-0.1, -0.05) is 0 Å². The Morgan fingerprint density at radius 3 is 2.14 bits per heavy atom. The van der Waals surface area contributed by atoms with E-state index in [-0.39, 0.29) is 0 Å². The molecule has 0 saturated heterocycles. The highest BCUT2D eigenvalue weighted by Gasteiger charge is 2.14. The lowest BCUT2D eigenvalue weighted by molar-refractivity contribution is 0.265. The van der Waals surface area contributed by atoms with Gasteiger partial charge in [-0.3, -0.25) is 4.98 Å². The molecule has 2 N–H and O–H groups in total. The largest absolute Gasteiger partial charge is 0.493 e. The lowest BCUT2D eigenvalue weighted by Crippen LogP contribution is -2.05. The molecule has 0 bridgehead atoms. The van der Waals surface area contributed by atoms with Crippen LogP contribution in [-0.2, 0) is 13.0 Å². The molecule has 1 heterocycles. The van der Waals surface area contributed by atoms with Crippen molar-refractivity contribution in [3.8, 4) is 17.2 Å². The van der Waals surface area contributed by atoms with Crippen LogP contribution < -0.4 is 19.9 Å². The van der Waals surface area contributed by atoms with Crippen LogP contribution in [0.3, 0.4) is 0 Å². The van der Waals surface area contributed by atoms with Crippen molar-refractivity contribution in [1.82, 2.24) is 4.98 Å². The molecular weight excluding hydrogens is 268 g/mol. The summed E-state index contributed by atoms with van der Waals surface area (Å²) in [7, 11) is 3.22. The van der Waals surface area contributed by atoms with Gasteiger partial charge in [-0.05, 0) is 48.4 Å². The fraction of sp³-hybridized carbons (Fsp3) is 0.312. The smallest absolute Gasteiger partial charge is 0.203 e. The summed E-state index contributed by atoms with van der Waals surface area (Å²) in [4.78, 5) is 3.98. The summed E-state index contributed by atoms with van der Waals surface area (Å²) in [5.74, 6) is 1.89. The van der Waals surface area contributed by atoms with Crippen LogP contribution in [-0.4, -0.2) is 25.7 Å². The van der Waals surface area contributed by atoms with E-state index in [0.717, 1.165) is 17.5 Å². The molecule has 0 aliphatic heterocycles. The van der Waals surface area contributed by atoms with Gasteiger partial charge < -0.3 is 19.9 Å². The first-order valence-corrected chi connectivity index (χ1v) is 6.75. The number of nitrogens with two attached hydrogens (primary N) is 1. The van der Waals surface area contributed by atoms with Crippen LogP contribution in [0.2, 0.25) is 0 Å². The van der Waals surface area contributed by atoms with Gasteiger partial charge in [0, 0.05) is 12.4 Å². The molecule has 2 aromatic rings. The van der Waals surface area contributed by atoms with Crippen molar-refractivity contribution in [2.24, 2.45) is 5.73 Å². The Kier molecular flexibility index (Phi) is 5.40. The van der Waals surface area contributed by atoms with Crippen LogP contribution in [0.15, 0.2) is 36.7 Å². The van der Waals surface area contributed by atoms with Gasteiger partial charge in [0.15, 0.2) is 11.5 Å². The van der Waals surface area contributed by atoms with E-state index in [9.17, 15) is 0 Å². The van der Waals surface area contributed by atoms with Gasteiger partial charge in [0.25, 0.3) is 0 Å². The van der Waals surface area contributed by atoms with E-state index in [1.54, 1.807) is 26.6 Å². The Morgan fingerprint density at radius 2 is 1.62 bits per heavy atom. The molecule has 21 heavy (non-hydrogen) atoms. The third kappa shape index (κ3) is 3.86. The fourth-order valence-corrected chi connectivity index (χ4v) is 2.02. The average molecular weight is 288 g/mol. The Hall–Kier alpha value is -2.27. The molecule has 1 aromatic carbocycles. The number of ether oxygens (including phenoxy) is 3. The number of hydrogen-bond acceptors (Lipinski definition) is 5. The van der Waals surface area contributed by atoms with Crippen LogP contribution in [0, 0.1) is 0 Å². The van der Waals surface area contributed by atoms with Gasteiger partial charge in [-0.2, -0.15) is 0 Å². The predicted octanol–water partition coefficient (Wildman–Crippen LogP) is 2.18. The topological polar surface area (TPSA) is 66.6 Å². The molecular formula is C16H20N2O3. The number of benzene rings is 1. The summed E-state index contributed by atoms with van der Waals surface area (Å²) in [6.45, 7) is 0.995. The Balaban J connectivity index is 2.24. The lowest BCUT2D eigenvalue weighted by Gasteiger charge is -2.16. The van der Waals surface area contributed by atoms with Gasteiger partial charge in [-0.25, -0.2) is 0 Å². The molecule has 0 fully saturated rings. The monoisotopic (exact) mass is 288 g/mol. The molecule has 0 radical (unpaired) electrons. The second kappa shape index (κ2) is 7.50. The first-order valence-electron chi connectivity index (χ1n) is 6.75. The minimum absolute atomic E-state index is 0.422. The second-order valence-electron chi connectivity index (χ2n) is 4.51. The van der Waals surface area contributed by atoms with Crippen LogP contribution in [0.5, 0.6) is 17.2 Å². The van der Waals surface area contributed by atoms with Gasteiger partial charge in [-0.15, -0.1) is 0 Å². The highest BCUT2D eigenvalue weighted by atomic mass is 16.5. The summed E-state index contributed by atoms with van der Waals surface area (Å²) in [5.41, 5.74) is 7.68. The molecule has 0 spiro atoms. The third-order valence-corrected chi connectivity index (χ3v) is 3.09. The van der Waals surface area contributed by atoms with Crippen LogP contribution in [0.25, 0.3) is 0 Å². The van der Waals surface area contributed by atoms with Crippen molar-refractivity contribution in [1.29, 1.82) is 0 Å². The summed E-state index contributed by atoms with van der Waals surface area (Å²) < 4.78 is 16.7. The van der Waals surface area contributed by atoms with E-state index in [1.165, 1.54) is 0 Å². The van der Waals surface area contributed by atoms with Crippen LogP contribution in [0.1, 0.15) is 11.1 Å². The number of hydrogen-bond donors (Lipinski definition) is 1. The average Bonchev–Trinajstić information content (AvgIpc) is 2.54. The zero-order chi connectivity index (χ0) is 15.1. The molecule has 2 rings (SSSR count). The zero-order valence-corrected chi connectivity index (χ0v) is 12.3. The first-order chi connectivity index (χ1) is 10.3. The van der Waals surface area contributed by atoms with Gasteiger partial charge in [0.2, 0.25) is 5.75 Å². The van der Waals surface area contributed by atoms with Gasteiger partial charge in [0.05, 0.1) is 14.2 Å². The van der Waals surface area contributed by atoms with E-state index in [0.29, 0.717) is 30.4 Å². The van der Waals surface area contributed by atoms with Gasteiger partial charge >= 0.3 is 0 Å². The number of rotatable bonds is 7. The molecule has 0 aliphatic rings. The molecule has 0 aliphatic carbocycles. The Labute approximate surface area is 124 Å². The van der Waals surface area contributed by atoms with E-state index >= 15 is 0 Å². The van der Waals surface area contributed by atoms with Crippen molar-refractivity contribution in [3.05, 3.63) is 47.8 Å². The van der Waals surface area contributed by atoms with Crippen molar-refractivity contribution in [3.63, 3.8) is 0 Å². The number of aromatic nitrogens is 1. The summed E-state index contributed by atoms with van der Waals surface area (Å²) in [6.07, 6.45) is 4.23. The highest BCUT2D eigenvalue weighted by molar-refractivity contribution is 5.54. The molecule has 5 heteroatoms. The van der Waals surface area contributed by atoms with Crippen molar-refractivity contribution >= 4 is 0 Å². The van der Waals surface area contributed by atoms with E-state index < -0.39 is 0 Å². The Morgan fingerprint density at radius 1 is 1.00 bits per heavy atom. The van der Waals surface area contributed by atoms with Gasteiger partial charge in [0.1, 0.15) is 6.61 Å². The number of methoxy groups -OCH3 is 2. The molecule has 0 amide bonds. The Bertz CT molecular complexity index is 548. The van der Waals surface area contributed by atoms with Crippen LogP contribution in [0.4, 0.5) is 0 Å².